The van der Waals surface area contributed by atoms with E-state index < -0.39 is 21.7 Å². The van der Waals surface area contributed by atoms with Gasteiger partial charge in [-0.25, -0.2) is 22.8 Å². The van der Waals surface area contributed by atoms with Gasteiger partial charge in [-0.1, -0.05) is 18.2 Å². The van der Waals surface area contributed by atoms with Crippen LogP contribution in [0.4, 0.5) is 10.1 Å². The van der Waals surface area contributed by atoms with E-state index in [0.717, 1.165) is 12.1 Å². The predicted molar refractivity (Wildman–Crippen MR) is 126 cm³/mol. The first-order valence-electron chi connectivity index (χ1n) is 10.4. The minimum Gasteiger partial charge on any atom is -0.480 e. The Morgan fingerprint density at radius 1 is 1.11 bits per heavy atom. The van der Waals surface area contributed by atoms with E-state index in [2.05, 4.69) is 20.0 Å². The standard InChI is InChI=1S/C24H21FN4O5S/c1-15-21(14-27-22(30)19-10-6-12-26-23(19)33-2)28-24(34-15)18-9-3-4-11-20(18)29-35(31,32)17-8-5-7-16(25)13-17/h3-13,29H,14H2,1-2H3,(H,27,30). The molecular weight excluding hydrogens is 475 g/mol. The Bertz CT molecular complexity index is 1490. The zero-order valence-corrected chi connectivity index (χ0v) is 19.6. The van der Waals surface area contributed by atoms with Crippen LogP contribution < -0.4 is 14.8 Å². The summed E-state index contributed by atoms with van der Waals surface area (Å²) >= 11 is 0. The Labute approximate surface area is 201 Å². The van der Waals surface area contributed by atoms with Crippen molar-refractivity contribution in [2.24, 2.45) is 0 Å². The van der Waals surface area contributed by atoms with Gasteiger partial charge < -0.3 is 14.5 Å². The Morgan fingerprint density at radius 2 is 1.91 bits per heavy atom. The molecular formula is C24H21FN4O5S. The third-order valence-electron chi connectivity index (χ3n) is 5.03. The molecule has 2 aromatic carbocycles. The number of carbonyl (C=O) groups excluding carboxylic acids is 1. The number of benzene rings is 2. The van der Waals surface area contributed by atoms with Crippen molar-refractivity contribution in [1.29, 1.82) is 0 Å². The molecule has 0 aliphatic rings. The molecule has 4 rings (SSSR count). The first kappa shape index (κ1) is 23.9. The second kappa shape index (κ2) is 9.94. The molecule has 2 heterocycles. The molecule has 2 N–H and O–H groups in total. The summed E-state index contributed by atoms with van der Waals surface area (Å²) in [6.07, 6.45) is 1.52. The summed E-state index contributed by atoms with van der Waals surface area (Å²) in [5.41, 5.74) is 1.31. The highest BCUT2D eigenvalue weighted by Gasteiger charge is 2.21. The molecule has 1 amide bonds. The lowest BCUT2D eigenvalue weighted by Gasteiger charge is -2.11. The van der Waals surface area contributed by atoms with Crippen molar-refractivity contribution in [3.63, 3.8) is 0 Å². The number of para-hydroxylation sites is 1. The highest BCUT2D eigenvalue weighted by Crippen LogP contribution is 2.30. The van der Waals surface area contributed by atoms with Crippen molar-refractivity contribution in [2.45, 2.75) is 18.4 Å². The van der Waals surface area contributed by atoms with Crippen LogP contribution in [-0.4, -0.2) is 31.4 Å². The lowest BCUT2D eigenvalue weighted by Crippen LogP contribution is -2.24. The van der Waals surface area contributed by atoms with E-state index in [9.17, 15) is 17.6 Å². The summed E-state index contributed by atoms with van der Waals surface area (Å²) in [5.74, 6) is -0.270. The minimum absolute atomic E-state index is 0.0589. The third kappa shape index (κ3) is 5.30. The second-order valence-electron chi connectivity index (χ2n) is 7.37. The molecule has 11 heteroatoms. The number of aromatic nitrogens is 2. The van der Waals surface area contributed by atoms with Crippen molar-refractivity contribution in [3.8, 4) is 17.3 Å². The zero-order valence-electron chi connectivity index (χ0n) is 18.8. The molecule has 9 nitrogen and oxygen atoms in total. The lowest BCUT2D eigenvalue weighted by molar-refractivity contribution is 0.0946. The number of anilines is 1. The molecule has 0 saturated carbocycles. The van der Waals surface area contributed by atoms with Crippen LogP contribution in [0.25, 0.3) is 11.5 Å². The summed E-state index contributed by atoms with van der Waals surface area (Å²) in [4.78, 5) is 20.8. The average Bonchev–Trinajstić information content (AvgIpc) is 3.22. The molecule has 0 bridgehead atoms. The van der Waals surface area contributed by atoms with E-state index >= 15 is 0 Å². The second-order valence-corrected chi connectivity index (χ2v) is 9.06. The number of nitrogens with one attached hydrogen (secondary N) is 2. The Kier molecular flexibility index (Phi) is 6.78. The number of aryl methyl sites for hydroxylation is 1. The largest absolute Gasteiger partial charge is 0.480 e. The number of methoxy groups -OCH3 is 1. The number of rotatable bonds is 8. The SMILES string of the molecule is COc1ncccc1C(=O)NCc1nc(-c2ccccc2NS(=O)(=O)c2cccc(F)c2)oc1C. The molecule has 4 aromatic rings. The van der Waals surface area contributed by atoms with Gasteiger partial charge in [-0.05, 0) is 49.4 Å². The van der Waals surface area contributed by atoms with E-state index in [1.807, 2.05) is 0 Å². The molecule has 2 aromatic heterocycles. The molecule has 0 aliphatic carbocycles. The monoisotopic (exact) mass is 496 g/mol. The fourth-order valence-electron chi connectivity index (χ4n) is 3.29. The molecule has 0 radical (unpaired) electrons. The summed E-state index contributed by atoms with van der Waals surface area (Å²) in [5, 5.41) is 2.75. The van der Waals surface area contributed by atoms with E-state index in [1.165, 1.54) is 25.4 Å². The predicted octanol–water partition coefficient (Wildman–Crippen LogP) is 3.92. The van der Waals surface area contributed by atoms with E-state index in [4.69, 9.17) is 9.15 Å². The number of ether oxygens (including phenoxy) is 1. The van der Waals surface area contributed by atoms with Crippen LogP contribution in [0.5, 0.6) is 5.88 Å². The molecule has 35 heavy (non-hydrogen) atoms. The molecule has 0 aliphatic heterocycles. The van der Waals surface area contributed by atoms with Crippen LogP contribution in [0.2, 0.25) is 0 Å². The highest BCUT2D eigenvalue weighted by atomic mass is 32.2. The molecule has 0 fully saturated rings. The van der Waals surface area contributed by atoms with Crippen LogP contribution >= 0.6 is 0 Å². The fraction of sp³-hybridized carbons (Fsp3) is 0.125. The van der Waals surface area contributed by atoms with Gasteiger partial charge in [-0.15, -0.1) is 0 Å². The minimum atomic E-state index is -4.06. The van der Waals surface area contributed by atoms with Crippen molar-refractivity contribution in [1.82, 2.24) is 15.3 Å². The fourth-order valence-corrected chi connectivity index (χ4v) is 4.40. The lowest BCUT2D eigenvalue weighted by atomic mass is 10.2. The number of hydrogen-bond donors (Lipinski definition) is 2. The van der Waals surface area contributed by atoms with Crippen molar-refractivity contribution < 1.29 is 26.8 Å². The number of hydrogen-bond acceptors (Lipinski definition) is 7. The number of pyridine rings is 1. The number of nitrogens with zero attached hydrogens (tertiary/aromatic N) is 2. The van der Waals surface area contributed by atoms with Gasteiger partial charge >= 0.3 is 0 Å². The average molecular weight is 497 g/mol. The van der Waals surface area contributed by atoms with Crippen molar-refractivity contribution in [2.75, 3.05) is 11.8 Å². The third-order valence-corrected chi connectivity index (χ3v) is 6.39. The van der Waals surface area contributed by atoms with E-state index in [0.29, 0.717) is 17.0 Å². The molecule has 0 atom stereocenters. The molecule has 180 valence electrons. The van der Waals surface area contributed by atoms with Gasteiger partial charge in [-0.3, -0.25) is 9.52 Å². The van der Waals surface area contributed by atoms with Gasteiger partial charge in [0.15, 0.2) is 0 Å². The van der Waals surface area contributed by atoms with E-state index in [1.54, 1.807) is 43.3 Å². The normalized spacial score (nSPS) is 11.2. The summed E-state index contributed by atoms with van der Waals surface area (Å²) in [6.45, 7) is 1.74. The van der Waals surface area contributed by atoms with Crippen LogP contribution in [0.1, 0.15) is 21.8 Å². The summed E-state index contributed by atoms with van der Waals surface area (Å²) < 4.78 is 52.5. The maximum absolute atomic E-state index is 13.6. The van der Waals surface area contributed by atoms with Crippen molar-refractivity contribution >= 4 is 21.6 Å². The Morgan fingerprint density at radius 3 is 2.69 bits per heavy atom. The van der Waals surface area contributed by atoms with Gasteiger partial charge in [0.1, 0.15) is 22.8 Å². The number of carbonyl (C=O) groups is 1. The number of halogens is 1. The van der Waals surface area contributed by atoms with Gasteiger partial charge in [0.05, 0.1) is 29.8 Å². The molecule has 0 spiro atoms. The first-order chi connectivity index (χ1) is 16.8. The quantitative estimate of drug-likeness (QED) is 0.379. The maximum atomic E-state index is 13.6. The Balaban J connectivity index is 1.56. The van der Waals surface area contributed by atoms with Crippen LogP contribution in [0.3, 0.4) is 0 Å². The topological polar surface area (TPSA) is 123 Å². The van der Waals surface area contributed by atoms with Crippen LogP contribution in [0, 0.1) is 12.7 Å². The summed E-state index contributed by atoms with van der Waals surface area (Å²) in [6, 6.07) is 14.4. The van der Waals surface area contributed by atoms with E-state index in [-0.39, 0.29) is 34.5 Å². The van der Waals surface area contributed by atoms with Gasteiger partial charge in [0.2, 0.25) is 11.8 Å². The molecule has 0 saturated heterocycles. The molecule has 0 unspecified atom stereocenters. The number of sulfonamides is 1. The smallest absolute Gasteiger partial charge is 0.262 e. The van der Waals surface area contributed by atoms with Crippen molar-refractivity contribution in [3.05, 3.63) is 89.7 Å². The number of amides is 1. The number of oxazole rings is 1. The van der Waals surface area contributed by atoms with Crippen LogP contribution in [-0.2, 0) is 16.6 Å². The maximum Gasteiger partial charge on any atom is 0.262 e. The van der Waals surface area contributed by atoms with Gasteiger partial charge in [-0.2, -0.15) is 0 Å². The Hall–Kier alpha value is -4.25. The van der Waals surface area contributed by atoms with Gasteiger partial charge in [0.25, 0.3) is 15.9 Å². The first-order valence-corrected chi connectivity index (χ1v) is 11.9. The van der Waals surface area contributed by atoms with Gasteiger partial charge in [0, 0.05) is 6.20 Å². The summed E-state index contributed by atoms with van der Waals surface area (Å²) in [7, 11) is -2.64. The van der Waals surface area contributed by atoms with Crippen LogP contribution in [0.15, 0.2) is 76.2 Å². The highest BCUT2D eigenvalue weighted by molar-refractivity contribution is 7.92. The zero-order chi connectivity index (χ0) is 25.0.